The molecule has 2 saturated heterocycles. The molecule has 6 nitrogen and oxygen atoms in total. The molecule has 19 heavy (non-hydrogen) atoms. The summed E-state index contributed by atoms with van der Waals surface area (Å²) in [6.07, 6.45) is 2.13. The van der Waals surface area contributed by atoms with Gasteiger partial charge >= 0.3 is 0 Å². The second kappa shape index (κ2) is 5.09. The molecule has 6 heteroatoms. The van der Waals surface area contributed by atoms with Gasteiger partial charge in [0.1, 0.15) is 0 Å². The third kappa shape index (κ3) is 2.60. The first-order chi connectivity index (χ1) is 9.17. The van der Waals surface area contributed by atoms with Gasteiger partial charge in [0.2, 0.25) is 5.89 Å². The van der Waals surface area contributed by atoms with Crippen molar-refractivity contribution in [3.8, 4) is 0 Å². The fourth-order valence-corrected chi connectivity index (χ4v) is 2.79. The molecule has 0 aliphatic carbocycles. The average molecular weight is 265 g/mol. The number of aromatic nitrogens is 2. The normalized spacial score (nSPS) is 24.6. The number of rotatable bonds is 2. The molecule has 2 aliphatic rings. The van der Waals surface area contributed by atoms with Crippen molar-refractivity contribution in [2.75, 3.05) is 51.2 Å². The van der Waals surface area contributed by atoms with Crippen molar-refractivity contribution in [3.05, 3.63) is 5.89 Å². The first kappa shape index (κ1) is 12.9. The number of anilines is 1. The van der Waals surface area contributed by atoms with Gasteiger partial charge in [-0.05, 0) is 38.1 Å². The van der Waals surface area contributed by atoms with Crippen LogP contribution in [0.3, 0.4) is 0 Å². The molecule has 0 spiro atoms. The van der Waals surface area contributed by atoms with Crippen molar-refractivity contribution in [1.29, 1.82) is 0 Å². The monoisotopic (exact) mass is 265 g/mol. The van der Waals surface area contributed by atoms with Crippen LogP contribution >= 0.6 is 0 Å². The summed E-state index contributed by atoms with van der Waals surface area (Å²) >= 11 is 0. The van der Waals surface area contributed by atoms with Crippen LogP contribution < -0.4 is 10.2 Å². The Balaban J connectivity index is 1.72. The molecule has 106 valence electrons. The predicted molar refractivity (Wildman–Crippen MR) is 73.5 cm³/mol. The summed E-state index contributed by atoms with van der Waals surface area (Å²) in [5, 5.41) is 7.57. The Morgan fingerprint density at radius 3 is 2.53 bits per heavy atom. The van der Waals surface area contributed by atoms with E-state index in [9.17, 15) is 0 Å². The standard InChI is InChI=1S/C13H23N5O/c1-13(3-5-14-6-4-13)11-15-12(16-19-11)18-9-7-17(2)8-10-18/h14H,3-10H2,1-2H3. The van der Waals surface area contributed by atoms with Crippen LogP contribution in [0.4, 0.5) is 5.95 Å². The Morgan fingerprint density at radius 2 is 1.84 bits per heavy atom. The highest BCUT2D eigenvalue weighted by atomic mass is 16.5. The Bertz CT molecular complexity index is 418. The van der Waals surface area contributed by atoms with Gasteiger partial charge < -0.3 is 19.6 Å². The van der Waals surface area contributed by atoms with Crippen molar-refractivity contribution in [2.45, 2.75) is 25.2 Å². The van der Waals surface area contributed by atoms with Gasteiger partial charge in [-0.15, -0.1) is 0 Å². The fourth-order valence-electron chi connectivity index (χ4n) is 2.79. The van der Waals surface area contributed by atoms with Crippen molar-refractivity contribution in [3.63, 3.8) is 0 Å². The molecule has 0 unspecified atom stereocenters. The van der Waals surface area contributed by atoms with E-state index >= 15 is 0 Å². The number of nitrogens with one attached hydrogen (secondary N) is 1. The second-order valence-corrected chi connectivity index (χ2v) is 6.00. The molecule has 0 bridgehead atoms. The Labute approximate surface area is 114 Å². The van der Waals surface area contributed by atoms with Gasteiger partial charge in [-0.1, -0.05) is 6.92 Å². The molecule has 0 aromatic carbocycles. The smallest absolute Gasteiger partial charge is 0.266 e. The van der Waals surface area contributed by atoms with E-state index in [4.69, 9.17) is 4.52 Å². The maximum absolute atomic E-state index is 5.54. The predicted octanol–water partition coefficient (Wildman–Crippen LogP) is 0.463. The van der Waals surface area contributed by atoms with Gasteiger partial charge in [-0.3, -0.25) is 0 Å². The zero-order chi connectivity index (χ0) is 13.3. The Morgan fingerprint density at radius 1 is 1.16 bits per heavy atom. The van der Waals surface area contributed by atoms with Crippen molar-refractivity contribution >= 4 is 5.95 Å². The van der Waals surface area contributed by atoms with E-state index < -0.39 is 0 Å². The first-order valence-corrected chi connectivity index (χ1v) is 7.16. The summed E-state index contributed by atoms with van der Waals surface area (Å²) in [7, 11) is 2.15. The highest BCUT2D eigenvalue weighted by Gasteiger charge is 2.35. The number of nitrogens with zero attached hydrogens (tertiary/aromatic N) is 4. The summed E-state index contributed by atoms with van der Waals surface area (Å²) in [5.41, 5.74) is 0.0447. The molecule has 0 atom stereocenters. The van der Waals surface area contributed by atoms with Crippen LogP contribution in [0.15, 0.2) is 4.52 Å². The lowest BCUT2D eigenvalue weighted by molar-refractivity contribution is 0.241. The van der Waals surface area contributed by atoms with Gasteiger partial charge in [0.15, 0.2) is 0 Å². The lowest BCUT2D eigenvalue weighted by Crippen LogP contribution is -2.45. The molecule has 3 rings (SSSR count). The first-order valence-electron chi connectivity index (χ1n) is 7.16. The highest BCUT2D eigenvalue weighted by molar-refractivity contribution is 5.29. The maximum Gasteiger partial charge on any atom is 0.266 e. The minimum Gasteiger partial charge on any atom is -0.337 e. The Hall–Kier alpha value is -1.14. The van der Waals surface area contributed by atoms with E-state index in [0.717, 1.165) is 63.9 Å². The summed E-state index contributed by atoms with van der Waals surface area (Å²) < 4.78 is 5.54. The van der Waals surface area contributed by atoms with Crippen LogP contribution in [0.2, 0.25) is 0 Å². The van der Waals surface area contributed by atoms with E-state index in [2.05, 4.69) is 39.2 Å². The summed E-state index contributed by atoms with van der Waals surface area (Å²) in [6, 6.07) is 0. The number of piperazine rings is 1. The SMILES string of the molecule is CN1CCN(c2noc(C3(C)CCNCC3)n2)CC1. The summed E-state index contributed by atoms with van der Waals surface area (Å²) in [4.78, 5) is 9.20. The van der Waals surface area contributed by atoms with Crippen LogP contribution in [0.5, 0.6) is 0 Å². The maximum atomic E-state index is 5.54. The van der Waals surface area contributed by atoms with Crippen LogP contribution in [0.1, 0.15) is 25.7 Å². The van der Waals surface area contributed by atoms with Gasteiger partial charge in [0.25, 0.3) is 5.95 Å². The van der Waals surface area contributed by atoms with Gasteiger partial charge in [0.05, 0.1) is 0 Å². The molecular weight excluding hydrogens is 242 g/mol. The van der Waals surface area contributed by atoms with E-state index in [0.29, 0.717) is 0 Å². The Kier molecular flexibility index (Phi) is 3.45. The minimum atomic E-state index is 0.0447. The average Bonchev–Trinajstić information content (AvgIpc) is 2.91. The highest BCUT2D eigenvalue weighted by Crippen LogP contribution is 2.32. The van der Waals surface area contributed by atoms with E-state index in [1.165, 1.54) is 0 Å². The number of likely N-dealkylation sites (N-methyl/N-ethyl adjacent to an activating group) is 1. The molecule has 1 aromatic heterocycles. The molecular formula is C13H23N5O. The van der Waals surface area contributed by atoms with Gasteiger partial charge in [-0.2, -0.15) is 4.98 Å². The van der Waals surface area contributed by atoms with Gasteiger partial charge in [-0.25, -0.2) is 0 Å². The van der Waals surface area contributed by atoms with Crippen LogP contribution in [-0.2, 0) is 5.41 Å². The minimum absolute atomic E-state index is 0.0447. The molecule has 1 aromatic rings. The van der Waals surface area contributed by atoms with E-state index in [1.807, 2.05) is 0 Å². The van der Waals surface area contributed by atoms with Crippen molar-refractivity contribution in [2.24, 2.45) is 0 Å². The number of piperidine rings is 1. The largest absolute Gasteiger partial charge is 0.337 e. The van der Waals surface area contributed by atoms with Crippen molar-refractivity contribution in [1.82, 2.24) is 20.4 Å². The van der Waals surface area contributed by atoms with E-state index in [-0.39, 0.29) is 5.41 Å². The third-order valence-corrected chi connectivity index (χ3v) is 4.42. The molecule has 2 fully saturated rings. The quantitative estimate of drug-likeness (QED) is 0.838. The summed E-state index contributed by atoms with van der Waals surface area (Å²) in [6.45, 7) is 8.37. The van der Waals surface area contributed by atoms with Gasteiger partial charge in [0, 0.05) is 31.6 Å². The molecule has 2 aliphatic heterocycles. The molecule has 0 amide bonds. The number of hydrogen-bond donors (Lipinski definition) is 1. The zero-order valence-electron chi connectivity index (χ0n) is 11.9. The van der Waals surface area contributed by atoms with Crippen LogP contribution in [0, 0.1) is 0 Å². The molecule has 0 radical (unpaired) electrons. The molecule has 3 heterocycles. The van der Waals surface area contributed by atoms with E-state index in [1.54, 1.807) is 0 Å². The van der Waals surface area contributed by atoms with Crippen molar-refractivity contribution < 1.29 is 4.52 Å². The fraction of sp³-hybridized carbons (Fsp3) is 0.846. The topological polar surface area (TPSA) is 57.4 Å². The number of hydrogen-bond acceptors (Lipinski definition) is 6. The lowest BCUT2D eigenvalue weighted by atomic mass is 9.81. The summed E-state index contributed by atoms with van der Waals surface area (Å²) in [5.74, 6) is 1.57. The van der Waals surface area contributed by atoms with Crippen LogP contribution in [0.25, 0.3) is 0 Å². The third-order valence-electron chi connectivity index (χ3n) is 4.42. The molecule has 1 N–H and O–H groups in total. The lowest BCUT2D eigenvalue weighted by Gasteiger charge is -2.31. The van der Waals surface area contributed by atoms with Crippen LogP contribution in [-0.4, -0.2) is 61.4 Å². The molecule has 0 saturated carbocycles. The second-order valence-electron chi connectivity index (χ2n) is 6.00. The zero-order valence-corrected chi connectivity index (χ0v) is 11.9.